The average Bonchev–Trinajstić information content (AvgIpc) is 2.57. The van der Waals surface area contributed by atoms with Crippen molar-refractivity contribution in [3.63, 3.8) is 0 Å². The van der Waals surface area contributed by atoms with Crippen molar-refractivity contribution in [2.45, 2.75) is 50.9 Å². The highest BCUT2D eigenvalue weighted by atomic mass is 19.4. The first-order valence-electron chi connectivity index (χ1n) is 5.81. The van der Waals surface area contributed by atoms with Gasteiger partial charge in [0.2, 0.25) is 0 Å². The lowest BCUT2D eigenvalue weighted by Crippen LogP contribution is -2.27. The van der Waals surface area contributed by atoms with Gasteiger partial charge in [-0.25, -0.2) is 0 Å². The highest BCUT2D eigenvalue weighted by Gasteiger charge is 2.26. The van der Waals surface area contributed by atoms with Crippen molar-refractivity contribution in [2.75, 3.05) is 0 Å². The summed E-state index contributed by atoms with van der Waals surface area (Å²) in [6.45, 7) is 0.321. The van der Waals surface area contributed by atoms with Gasteiger partial charge in [-0.15, -0.1) is 0 Å². The van der Waals surface area contributed by atoms with E-state index < -0.39 is 12.6 Å². The van der Waals surface area contributed by atoms with E-state index in [4.69, 9.17) is 5.73 Å². The van der Waals surface area contributed by atoms with Gasteiger partial charge in [0.25, 0.3) is 0 Å². The molecule has 0 aliphatic heterocycles. The lowest BCUT2D eigenvalue weighted by Gasteiger charge is -2.15. The van der Waals surface area contributed by atoms with Crippen LogP contribution in [0.3, 0.4) is 0 Å². The van der Waals surface area contributed by atoms with Crippen molar-refractivity contribution in [3.8, 4) is 0 Å². The van der Waals surface area contributed by atoms with Crippen LogP contribution in [-0.2, 0) is 19.4 Å². The second-order valence-corrected chi connectivity index (χ2v) is 4.59. The molecule has 2 rings (SSSR count). The molecule has 1 aromatic rings. The standard InChI is InChI=1S/C11H16F3N3/c12-11(13,14)4-1-5-17-7-8-2-3-9(15)6-10(8)16-17/h7,9H,1-6,15H2. The van der Waals surface area contributed by atoms with Crippen LogP contribution in [0.1, 0.15) is 30.5 Å². The van der Waals surface area contributed by atoms with E-state index in [0.717, 1.165) is 30.5 Å². The van der Waals surface area contributed by atoms with E-state index in [9.17, 15) is 13.2 Å². The number of nitrogens with two attached hydrogens (primary N) is 1. The number of rotatable bonds is 3. The molecule has 1 atom stereocenters. The number of nitrogens with zero attached hydrogens (tertiary/aromatic N) is 2. The average molecular weight is 247 g/mol. The fourth-order valence-electron chi connectivity index (χ4n) is 2.13. The Morgan fingerprint density at radius 1 is 1.47 bits per heavy atom. The van der Waals surface area contributed by atoms with Gasteiger partial charge in [-0.3, -0.25) is 4.68 Å². The predicted molar refractivity (Wildman–Crippen MR) is 57.5 cm³/mol. The minimum Gasteiger partial charge on any atom is -0.327 e. The van der Waals surface area contributed by atoms with Gasteiger partial charge >= 0.3 is 6.18 Å². The molecule has 17 heavy (non-hydrogen) atoms. The first kappa shape index (κ1) is 12.4. The molecule has 1 aliphatic carbocycles. The molecule has 0 bridgehead atoms. The summed E-state index contributed by atoms with van der Waals surface area (Å²) in [7, 11) is 0. The molecule has 0 saturated carbocycles. The Morgan fingerprint density at radius 3 is 2.94 bits per heavy atom. The maximum absolute atomic E-state index is 12.0. The van der Waals surface area contributed by atoms with Crippen LogP contribution in [-0.4, -0.2) is 22.0 Å². The Labute approximate surface area is 97.8 Å². The third-order valence-electron chi connectivity index (χ3n) is 3.01. The molecule has 96 valence electrons. The Bertz CT molecular complexity index is 384. The van der Waals surface area contributed by atoms with Gasteiger partial charge in [-0.1, -0.05) is 0 Å². The van der Waals surface area contributed by atoms with E-state index in [1.165, 1.54) is 0 Å². The Hall–Kier alpha value is -1.04. The lowest BCUT2D eigenvalue weighted by molar-refractivity contribution is -0.136. The van der Waals surface area contributed by atoms with E-state index in [-0.39, 0.29) is 12.5 Å². The second kappa shape index (κ2) is 4.68. The third kappa shape index (κ3) is 3.46. The summed E-state index contributed by atoms with van der Waals surface area (Å²) in [4.78, 5) is 0. The molecule has 0 aromatic carbocycles. The minimum absolute atomic E-state index is 0.0795. The van der Waals surface area contributed by atoms with Gasteiger partial charge in [0.05, 0.1) is 5.69 Å². The molecule has 0 saturated heterocycles. The molecular formula is C11H16F3N3. The van der Waals surface area contributed by atoms with Crippen molar-refractivity contribution in [1.29, 1.82) is 0 Å². The Morgan fingerprint density at radius 2 is 2.24 bits per heavy atom. The van der Waals surface area contributed by atoms with Crippen LogP contribution in [0.2, 0.25) is 0 Å². The van der Waals surface area contributed by atoms with Gasteiger partial charge in [-0.05, 0) is 24.8 Å². The normalized spacial score (nSPS) is 20.4. The molecule has 2 N–H and O–H groups in total. The van der Waals surface area contributed by atoms with E-state index in [1.54, 1.807) is 4.68 Å². The van der Waals surface area contributed by atoms with Crippen LogP contribution in [0.15, 0.2) is 6.20 Å². The van der Waals surface area contributed by atoms with Crippen molar-refractivity contribution < 1.29 is 13.2 Å². The molecule has 0 fully saturated rings. The molecule has 6 heteroatoms. The molecule has 1 aromatic heterocycles. The molecular weight excluding hydrogens is 231 g/mol. The van der Waals surface area contributed by atoms with Gasteiger partial charge in [0.1, 0.15) is 0 Å². The van der Waals surface area contributed by atoms with Crippen LogP contribution in [0.5, 0.6) is 0 Å². The SMILES string of the molecule is NC1CCc2cn(CCCC(F)(F)F)nc2C1. The van der Waals surface area contributed by atoms with Gasteiger partial charge < -0.3 is 5.73 Å². The predicted octanol–water partition coefficient (Wildman–Crippen LogP) is 2.04. The van der Waals surface area contributed by atoms with Crippen LogP contribution in [0.4, 0.5) is 13.2 Å². The summed E-state index contributed by atoms with van der Waals surface area (Å²) >= 11 is 0. The van der Waals surface area contributed by atoms with Crippen LogP contribution in [0, 0.1) is 0 Å². The zero-order valence-corrected chi connectivity index (χ0v) is 9.50. The van der Waals surface area contributed by atoms with Crippen LogP contribution >= 0.6 is 0 Å². The first-order chi connectivity index (χ1) is 7.94. The lowest BCUT2D eigenvalue weighted by atomic mass is 9.95. The fourth-order valence-corrected chi connectivity index (χ4v) is 2.13. The van der Waals surface area contributed by atoms with Gasteiger partial charge in [-0.2, -0.15) is 18.3 Å². The number of hydrogen-bond acceptors (Lipinski definition) is 2. The van der Waals surface area contributed by atoms with Crippen molar-refractivity contribution in [1.82, 2.24) is 9.78 Å². The van der Waals surface area contributed by atoms with Crippen molar-refractivity contribution in [2.24, 2.45) is 5.73 Å². The van der Waals surface area contributed by atoms with Crippen molar-refractivity contribution in [3.05, 3.63) is 17.5 Å². The smallest absolute Gasteiger partial charge is 0.327 e. The first-order valence-corrected chi connectivity index (χ1v) is 5.81. The van der Waals surface area contributed by atoms with E-state index in [2.05, 4.69) is 5.10 Å². The number of aryl methyl sites for hydroxylation is 2. The number of halogens is 3. The fraction of sp³-hybridized carbons (Fsp3) is 0.727. The summed E-state index contributed by atoms with van der Waals surface area (Å²) in [6, 6.07) is 0.140. The Balaban J connectivity index is 1.90. The molecule has 1 unspecified atom stereocenters. The monoisotopic (exact) mass is 247 g/mol. The molecule has 0 amide bonds. The largest absolute Gasteiger partial charge is 0.389 e. The van der Waals surface area contributed by atoms with Gasteiger partial charge in [0, 0.05) is 31.6 Å². The summed E-state index contributed by atoms with van der Waals surface area (Å²) in [5.74, 6) is 0. The summed E-state index contributed by atoms with van der Waals surface area (Å²) in [5, 5.41) is 4.29. The van der Waals surface area contributed by atoms with E-state index in [0.29, 0.717) is 6.54 Å². The van der Waals surface area contributed by atoms with E-state index >= 15 is 0 Å². The Kier molecular flexibility index (Phi) is 3.42. The number of aromatic nitrogens is 2. The summed E-state index contributed by atoms with van der Waals surface area (Å²) in [6.07, 6.45) is -0.335. The number of fused-ring (bicyclic) bond motifs is 1. The highest BCUT2D eigenvalue weighted by molar-refractivity contribution is 5.21. The highest BCUT2D eigenvalue weighted by Crippen LogP contribution is 2.23. The zero-order chi connectivity index (χ0) is 12.5. The maximum atomic E-state index is 12.0. The number of hydrogen-bond donors (Lipinski definition) is 1. The molecule has 3 nitrogen and oxygen atoms in total. The molecule has 0 radical (unpaired) electrons. The third-order valence-corrected chi connectivity index (χ3v) is 3.01. The van der Waals surface area contributed by atoms with Gasteiger partial charge in [0.15, 0.2) is 0 Å². The van der Waals surface area contributed by atoms with Crippen molar-refractivity contribution >= 4 is 0 Å². The quantitative estimate of drug-likeness (QED) is 0.888. The topological polar surface area (TPSA) is 43.8 Å². The molecule has 0 spiro atoms. The van der Waals surface area contributed by atoms with Crippen LogP contribution < -0.4 is 5.73 Å². The molecule has 1 heterocycles. The zero-order valence-electron chi connectivity index (χ0n) is 9.50. The maximum Gasteiger partial charge on any atom is 0.389 e. The summed E-state index contributed by atoms with van der Waals surface area (Å²) in [5.41, 5.74) is 7.91. The summed E-state index contributed by atoms with van der Waals surface area (Å²) < 4.78 is 37.6. The minimum atomic E-state index is -4.07. The molecule has 1 aliphatic rings. The van der Waals surface area contributed by atoms with E-state index in [1.807, 2.05) is 6.20 Å². The van der Waals surface area contributed by atoms with Crippen LogP contribution in [0.25, 0.3) is 0 Å². The number of alkyl halides is 3. The second-order valence-electron chi connectivity index (χ2n) is 4.59.